The van der Waals surface area contributed by atoms with Gasteiger partial charge in [0, 0.05) is 18.7 Å². The van der Waals surface area contributed by atoms with Gasteiger partial charge in [0.25, 0.3) is 0 Å². The first kappa shape index (κ1) is 14.0. The summed E-state index contributed by atoms with van der Waals surface area (Å²) in [5.41, 5.74) is 1.59. The summed E-state index contributed by atoms with van der Waals surface area (Å²) < 4.78 is 4.97. The van der Waals surface area contributed by atoms with Crippen LogP contribution >= 0.6 is 0 Å². The van der Waals surface area contributed by atoms with Gasteiger partial charge in [0.05, 0.1) is 6.10 Å². The molecule has 18 heavy (non-hydrogen) atoms. The predicted octanol–water partition coefficient (Wildman–Crippen LogP) is 2.61. The molecule has 0 saturated carbocycles. The highest BCUT2D eigenvalue weighted by Crippen LogP contribution is 2.10. The van der Waals surface area contributed by atoms with E-state index in [4.69, 9.17) is 4.74 Å². The Labute approximate surface area is 107 Å². The molecule has 0 radical (unpaired) electrons. The molecule has 0 aliphatic heterocycles. The third-order valence-electron chi connectivity index (χ3n) is 1.99. The number of hydrogen-bond acceptors (Lipinski definition) is 3. The number of nitrogens with one attached hydrogen (secondary N) is 1. The molecule has 0 aromatic heterocycles. The fraction of sp³-hybridized carbons (Fsp3) is 0.286. The number of carbonyl (C=O) groups is 2. The Bertz CT molecular complexity index is 447. The zero-order valence-corrected chi connectivity index (χ0v) is 10.8. The fourth-order valence-corrected chi connectivity index (χ4v) is 1.32. The number of esters is 1. The van der Waals surface area contributed by atoms with E-state index in [1.807, 2.05) is 12.1 Å². The number of amides is 1. The van der Waals surface area contributed by atoms with Gasteiger partial charge in [0.1, 0.15) is 0 Å². The molecule has 4 heteroatoms. The standard InChI is InChI=1S/C14H17NO3/c1-10(2)18-14(17)9-6-12-4-7-13(8-5-12)15-11(3)16/h4-10H,1-3H3,(H,15,16)/b9-6+. The smallest absolute Gasteiger partial charge is 0.331 e. The lowest BCUT2D eigenvalue weighted by atomic mass is 10.2. The van der Waals surface area contributed by atoms with Crippen LogP contribution in [0.15, 0.2) is 30.3 Å². The topological polar surface area (TPSA) is 55.4 Å². The molecule has 0 aliphatic carbocycles. The lowest BCUT2D eigenvalue weighted by Crippen LogP contribution is -2.08. The van der Waals surface area contributed by atoms with Gasteiger partial charge >= 0.3 is 5.97 Å². The first-order valence-electron chi connectivity index (χ1n) is 5.73. The number of anilines is 1. The van der Waals surface area contributed by atoms with Gasteiger partial charge in [-0.2, -0.15) is 0 Å². The predicted molar refractivity (Wildman–Crippen MR) is 71.0 cm³/mol. The summed E-state index contributed by atoms with van der Waals surface area (Å²) in [5, 5.41) is 2.67. The zero-order chi connectivity index (χ0) is 13.5. The Balaban J connectivity index is 2.60. The van der Waals surface area contributed by atoms with E-state index < -0.39 is 0 Å². The van der Waals surface area contributed by atoms with Crippen LogP contribution in [0.5, 0.6) is 0 Å². The number of hydrogen-bond donors (Lipinski definition) is 1. The third kappa shape index (κ3) is 5.30. The summed E-state index contributed by atoms with van der Waals surface area (Å²) in [6.07, 6.45) is 2.93. The Morgan fingerprint density at radius 1 is 1.22 bits per heavy atom. The van der Waals surface area contributed by atoms with Gasteiger partial charge in [-0.05, 0) is 37.6 Å². The summed E-state index contributed by atoms with van der Waals surface area (Å²) in [7, 11) is 0. The minimum absolute atomic E-state index is 0.112. The highest BCUT2D eigenvalue weighted by Gasteiger charge is 2.00. The molecule has 0 heterocycles. The maximum atomic E-state index is 11.3. The van der Waals surface area contributed by atoms with Crippen molar-refractivity contribution in [1.82, 2.24) is 0 Å². The third-order valence-corrected chi connectivity index (χ3v) is 1.99. The van der Waals surface area contributed by atoms with Crippen LogP contribution in [0.3, 0.4) is 0 Å². The molecule has 4 nitrogen and oxygen atoms in total. The average Bonchev–Trinajstić information content (AvgIpc) is 2.26. The van der Waals surface area contributed by atoms with Crippen molar-refractivity contribution in [1.29, 1.82) is 0 Å². The Kier molecular flexibility index (Phi) is 5.11. The van der Waals surface area contributed by atoms with Gasteiger partial charge in [0.2, 0.25) is 5.91 Å². The minimum Gasteiger partial charge on any atom is -0.460 e. The van der Waals surface area contributed by atoms with Crippen LogP contribution in [-0.2, 0) is 14.3 Å². The Morgan fingerprint density at radius 3 is 2.33 bits per heavy atom. The Hall–Kier alpha value is -2.10. The van der Waals surface area contributed by atoms with E-state index in [0.717, 1.165) is 11.3 Å². The van der Waals surface area contributed by atoms with Gasteiger partial charge in [-0.1, -0.05) is 12.1 Å². The van der Waals surface area contributed by atoms with Crippen LogP contribution in [0, 0.1) is 0 Å². The van der Waals surface area contributed by atoms with Crippen LogP contribution in [-0.4, -0.2) is 18.0 Å². The first-order valence-corrected chi connectivity index (χ1v) is 5.73. The van der Waals surface area contributed by atoms with Gasteiger partial charge in [-0.15, -0.1) is 0 Å². The van der Waals surface area contributed by atoms with E-state index in [0.29, 0.717) is 0 Å². The fourth-order valence-electron chi connectivity index (χ4n) is 1.32. The van der Waals surface area contributed by atoms with Crippen molar-refractivity contribution >= 4 is 23.6 Å². The van der Waals surface area contributed by atoms with Crippen molar-refractivity contribution in [2.24, 2.45) is 0 Å². The molecule has 0 saturated heterocycles. The lowest BCUT2D eigenvalue weighted by molar-refractivity contribution is -0.141. The molecule has 0 fully saturated rings. The van der Waals surface area contributed by atoms with Crippen molar-refractivity contribution in [3.8, 4) is 0 Å². The van der Waals surface area contributed by atoms with Crippen molar-refractivity contribution in [2.75, 3.05) is 5.32 Å². The molecule has 96 valence electrons. The lowest BCUT2D eigenvalue weighted by Gasteiger charge is -2.04. The monoisotopic (exact) mass is 247 g/mol. The molecule has 1 N–H and O–H groups in total. The summed E-state index contributed by atoms with van der Waals surface area (Å²) in [4.78, 5) is 22.1. The molecule has 0 unspecified atom stereocenters. The van der Waals surface area contributed by atoms with Crippen LogP contribution in [0.2, 0.25) is 0 Å². The van der Waals surface area contributed by atoms with Crippen molar-refractivity contribution in [3.63, 3.8) is 0 Å². The van der Waals surface area contributed by atoms with Gasteiger partial charge < -0.3 is 10.1 Å². The molecule has 0 spiro atoms. The molecular weight excluding hydrogens is 230 g/mol. The second-order valence-corrected chi connectivity index (χ2v) is 4.12. The first-order chi connectivity index (χ1) is 8.47. The van der Waals surface area contributed by atoms with E-state index in [-0.39, 0.29) is 18.0 Å². The minimum atomic E-state index is -0.365. The van der Waals surface area contributed by atoms with E-state index in [2.05, 4.69) is 5.32 Å². The maximum absolute atomic E-state index is 11.3. The molecule has 1 aromatic carbocycles. The number of rotatable bonds is 4. The quantitative estimate of drug-likeness (QED) is 0.657. The average molecular weight is 247 g/mol. The molecule has 1 amide bonds. The normalized spacial score (nSPS) is 10.7. The number of benzene rings is 1. The van der Waals surface area contributed by atoms with Crippen LogP contribution < -0.4 is 5.32 Å². The summed E-state index contributed by atoms with van der Waals surface area (Å²) in [6.45, 7) is 5.05. The molecule has 0 bridgehead atoms. The Morgan fingerprint density at radius 2 is 1.83 bits per heavy atom. The van der Waals surface area contributed by atoms with Crippen LogP contribution in [0.4, 0.5) is 5.69 Å². The SMILES string of the molecule is CC(=O)Nc1ccc(/C=C/C(=O)OC(C)C)cc1. The maximum Gasteiger partial charge on any atom is 0.331 e. The van der Waals surface area contributed by atoms with E-state index in [9.17, 15) is 9.59 Å². The van der Waals surface area contributed by atoms with Crippen LogP contribution in [0.1, 0.15) is 26.3 Å². The zero-order valence-electron chi connectivity index (χ0n) is 10.8. The van der Waals surface area contributed by atoms with E-state index >= 15 is 0 Å². The van der Waals surface area contributed by atoms with Crippen molar-refractivity contribution in [3.05, 3.63) is 35.9 Å². The number of ether oxygens (including phenoxy) is 1. The second-order valence-electron chi connectivity index (χ2n) is 4.12. The highest BCUT2D eigenvalue weighted by atomic mass is 16.5. The largest absolute Gasteiger partial charge is 0.460 e. The van der Waals surface area contributed by atoms with Gasteiger partial charge in [0.15, 0.2) is 0 Å². The number of carbonyl (C=O) groups excluding carboxylic acids is 2. The van der Waals surface area contributed by atoms with Crippen LogP contribution in [0.25, 0.3) is 6.08 Å². The van der Waals surface area contributed by atoms with E-state index in [1.54, 1.807) is 32.1 Å². The molecule has 1 rings (SSSR count). The van der Waals surface area contributed by atoms with Crippen molar-refractivity contribution in [2.45, 2.75) is 26.9 Å². The van der Waals surface area contributed by atoms with Crippen molar-refractivity contribution < 1.29 is 14.3 Å². The molecule has 0 aliphatic rings. The van der Waals surface area contributed by atoms with Gasteiger partial charge in [-0.3, -0.25) is 4.79 Å². The molecular formula is C14H17NO3. The summed E-state index contributed by atoms with van der Waals surface area (Å²) in [5.74, 6) is -0.477. The summed E-state index contributed by atoms with van der Waals surface area (Å²) in [6, 6.07) is 7.17. The molecule has 0 atom stereocenters. The highest BCUT2D eigenvalue weighted by molar-refractivity contribution is 5.89. The van der Waals surface area contributed by atoms with E-state index in [1.165, 1.54) is 13.0 Å². The summed E-state index contributed by atoms with van der Waals surface area (Å²) >= 11 is 0. The molecule has 1 aromatic rings. The second kappa shape index (κ2) is 6.59. The van der Waals surface area contributed by atoms with Gasteiger partial charge in [-0.25, -0.2) is 4.79 Å².